The SMILES string of the molecule is O=C(CS[C@H]1N=C2C=CC=C[C@H]2O1)c1ccc(Br)cc1. The number of Topliss-reactive ketones (excluding diaryl/α,β-unsaturated/α-hetero) is 1. The van der Waals surface area contributed by atoms with Gasteiger partial charge in [-0.2, -0.15) is 0 Å². The zero-order chi connectivity index (χ0) is 13.9. The molecule has 0 N–H and O–H groups in total. The molecule has 0 amide bonds. The summed E-state index contributed by atoms with van der Waals surface area (Å²) in [7, 11) is 0. The van der Waals surface area contributed by atoms with E-state index >= 15 is 0 Å². The Bertz CT molecular complexity index is 607. The molecule has 0 fully saturated rings. The van der Waals surface area contributed by atoms with E-state index in [0.717, 1.165) is 10.2 Å². The molecule has 1 aliphatic carbocycles. The third-order valence-corrected chi connectivity index (χ3v) is 4.46. The summed E-state index contributed by atoms with van der Waals surface area (Å²) in [4.78, 5) is 16.5. The molecule has 5 heteroatoms. The molecule has 0 saturated heterocycles. The molecule has 1 aromatic carbocycles. The first-order valence-corrected chi connectivity index (χ1v) is 8.05. The predicted molar refractivity (Wildman–Crippen MR) is 85.3 cm³/mol. The van der Waals surface area contributed by atoms with E-state index in [0.29, 0.717) is 11.3 Å². The fraction of sp³-hybridized carbons (Fsp3) is 0.200. The highest BCUT2D eigenvalue weighted by Gasteiger charge is 2.27. The molecule has 0 unspecified atom stereocenters. The minimum Gasteiger partial charge on any atom is -0.333 e. The molecule has 2 atom stereocenters. The molecule has 0 saturated carbocycles. The number of allylic oxidation sites excluding steroid dienone is 2. The topological polar surface area (TPSA) is 38.7 Å². The number of aliphatic imine (C=N–C) groups is 1. The Kier molecular flexibility index (Phi) is 4.19. The molecule has 3 rings (SSSR count). The highest BCUT2D eigenvalue weighted by Crippen LogP contribution is 2.26. The van der Waals surface area contributed by atoms with E-state index in [1.54, 1.807) is 0 Å². The Hall–Kier alpha value is -1.17. The maximum atomic E-state index is 12.1. The Morgan fingerprint density at radius 2 is 2.10 bits per heavy atom. The number of rotatable bonds is 4. The van der Waals surface area contributed by atoms with Crippen LogP contribution in [0.2, 0.25) is 0 Å². The zero-order valence-corrected chi connectivity index (χ0v) is 12.9. The van der Waals surface area contributed by atoms with Gasteiger partial charge >= 0.3 is 0 Å². The number of carbonyl (C=O) groups excluding carboxylic acids is 1. The first-order valence-electron chi connectivity index (χ1n) is 6.21. The van der Waals surface area contributed by atoms with Crippen LogP contribution in [-0.4, -0.2) is 28.9 Å². The van der Waals surface area contributed by atoms with Crippen LogP contribution in [0.3, 0.4) is 0 Å². The van der Waals surface area contributed by atoms with E-state index in [1.807, 2.05) is 48.6 Å². The van der Waals surface area contributed by atoms with E-state index in [9.17, 15) is 4.79 Å². The fourth-order valence-corrected chi connectivity index (χ4v) is 3.08. The minimum absolute atomic E-state index is 0.0553. The van der Waals surface area contributed by atoms with Gasteiger partial charge in [0.15, 0.2) is 11.3 Å². The van der Waals surface area contributed by atoms with Crippen molar-refractivity contribution in [1.29, 1.82) is 0 Å². The molecule has 102 valence electrons. The van der Waals surface area contributed by atoms with Crippen molar-refractivity contribution < 1.29 is 9.53 Å². The average molecular weight is 350 g/mol. The van der Waals surface area contributed by atoms with Crippen molar-refractivity contribution in [3.05, 3.63) is 58.6 Å². The third kappa shape index (κ3) is 3.11. The van der Waals surface area contributed by atoms with Gasteiger partial charge in [-0.15, -0.1) is 0 Å². The number of carbonyl (C=O) groups is 1. The van der Waals surface area contributed by atoms with E-state index in [-0.39, 0.29) is 17.4 Å². The summed E-state index contributed by atoms with van der Waals surface area (Å²) in [6.07, 6.45) is 7.75. The van der Waals surface area contributed by atoms with Crippen LogP contribution in [-0.2, 0) is 4.74 Å². The molecule has 1 aromatic rings. The van der Waals surface area contributed by atoms with Crippen molar-refractivity contribution in [3.8, 4) is 0 Å². The van der Waals surface area contributed by atoms with Crippen molar-refractivity contribution in [3.63, 3.8) is 0 Å². The Labute approximate surface area is 129 Å². The lowest BCUT2D eigenvalue weighted by Gasteiger charge is -2.10. The molecular weight excluding hydrogens is 338 g/mol. The van der Waals surface area contributed by atoms with Gasteiger partial charge in [-0.1, -0.05) is 52.0 Å². The molecule has 1 heterocycles. The van der Waals surface area contributed by atoms with Gasteiger partial charge in [0, 0.05) is 10.0 Å². The number of ether oxygens (including phenoxy) is 1. The van der Waals surface area contributed by atoms with E-state index < -0.39 is 0 Å². The summed E-state index contributed by atoms with van der Waals surface area (Å²) in [6.45, 7) is 0. The minimum atomic E-state index is -0.290. The number of fused-ring (bicyclic) bond motifs is 1. The summed E-state index contributed by atoms with van der Waals surface area (Å²) >= 11 is 4.77. The van der Waals surface area contributed by atoms with Gasteiger partial charge in [0.05, 0.1) is 11.5 Å². The molecule has 1 aliphatic heterocycles. The second-order valence-corrected chi connectivity index (χ2v) is 6.34. The van der Waals surface area contributed by atoms with Crippen LogP contribution in [0, 0.1) is 0 Å². The van der Waals surface area contributed by atoms with Crippen LogP contribution in [0.15, 0.2) is 58.0 Å². The fourth-order valence-electron chi connectivity index (χ4n) is 1.96. The molecule has 0 bridgehead atoms. The maximum Gasteiger partial charge on any atom is 0.198 e. The van der Waals surface area contributed by atoms with Crippen molar-refractivity contribution in [2.24, 2.45) is 4.99 Å². The quantitative estimate of drug-likeness (QED) is 0.779. The Morgan fingerprint density at radius 3 is 2.85 bits per heavy atom. The molecule has 20 heavy (non-hydrogen) atoms. The van der Waals surface area contributed by atoms with Crippen LogP contribution in [0.5, 0.6) is 0 Å². The summed E-state index contributed by atoms with van der Waals surface area (Å²) < 4.78 is 6.70. The first kappa shape index (κ1) is 13.8. The summed E-state index contributed by atoms with van der Waals surface area (Å²) in [5.74, 6) is 0.454. The monoisotopic (exact) mass is 349 g/mol. The lowest BCUT2D eigenvalue weighted by atomic mass is 10.1. The van der Waals surface area contributed by atoms with Crippen molar-refractivity contribution in [2.75, 3.05) is 5.75 Å². The average Bonchev–Trinajstić information content (AvgIpc) is 2.88. The van der Waals surface area contributed by atoms with Crippen molar-refractivity contribution >= 4 is 39.2 Å². The molecule has 0 aromatic heterocycles. The van der Waals surface area contributed by atoms with E-state index in [4.69, 9.17) is 4.74 Å². The predicted octanol–water partition coefficient (Wildman–Crippen LogP) is 3.61. The first-order chi connectivity index (χ1) is 9.72. The summed E-state index contributed by atoms with van der Waals surface area (Å²) in [5, 5.41) is 0. The van der Waals surface area contributed by atoms with Gasteiger partial charge < -0.3 is 4.74 Å². The Balaban J connectivity index is 1.57. The van der Waals surface area contributed by atoms with Crippen LogP contribution in [0.4, 0.5) is 0 Å². The largest absolute Gasteiger partial charge is 0.333 e. The number of ketones is 1. The second kappa shape index (κ2) is 6.08. The van der Waals surface area contributed by atoms with Gasteiger partial charge in [0.2, 0.25) is 0 Å². The summed E-state index contributed by atoms with van der Waals surface area (Å²) in [5.41, 5.74) is 1.35. The molecule has 3 nitrogen and oxygen atoms in total. The zero-order valence-electron chi connectivity index (χ0n) is 10.5. The number of nitrogens with zero attached hydrogens (tertiary/aromatic N) is 1. The number of benzene rings is 1. The van der Waals surface area contributed by atoms with E-state index in [1.165, 1.54) is 11.8 Å². The maximum absolute atomic E-state index is 12.1. The van der Waals surface area contributed by atoms with Gasteiger partial charge in [0.1, 0.15) is 6.10 Å². The van der Waals surface area contributed by atoms with Crippen molar-refractivity contribution in [1.82, 2.24) is 0 Å². The number of halogens is 1. The van der Waals surface area contributed by atoms with E-state index in [2.05, 4.69) is 20.9 Å². The van der Waals surface area contributed by atoms with Crippen LogP contribution in [0.1, 0.15) is 10.4 Å². The highest BCUT2D eigenvalue weighted by molar-refractivity contribution is 9.10. The number of hydrogen-bond donors (Lipinski definition) is 0. The van der Waals surface area contributed by atoms with Gasteiger partial charge in [-0.3, -0.25) is 4.79 Å². The second-order valence-electron chi connectivity index (χ2n) is 4.40. The van der Waals surface area contributed by atoms with Gasteiger partial charge in [-0.25, -0.2) is 4.99 Å². The number of hydrogen-bond acceptors (Lipinski definition) is 4. The standard InChI is InChI=1S/C15H12BrNO2S/c16-11-7-5-10(6-8-11)13(18)9-20-15-17-12-3-1-2-4-14(12)19-15/h1-8,14-15H,9H2/t14-,15+/m1/s1. The Morgan fingerprint density at radius 1 is 1.30 bits per heavy atom. The summed E-state index contributed by atoms with van der Waals surface area (Å²) in [6, 6.07) is 7.38. The van der Waals surface area contributed by atoms with Crippen LogP contribution >= 0.6 is 27.7 Å². The molecule has 0 spiro atoms. The van der Waals surface area contributed by atoms with Gasteiger partial charge in [-0.05, 0) is 24.3 Å². The normalized spacial score (nSPS) is 23.6. The van der Waals surface area contributed by atoms with Gasteiger partial charge in [0.25, 0.3) is 0 Å². The number of thioether (sulfide) groups is 1. The molecule has 0 radical (unpaired) electrons. The highest BCUT2D eigenvalue weighted by atomic mass is 79.9. The van der Waals surface area contributed by atoms with Crippen LogP contribution in [0.25, 0.3) is 0 Å². The third-order valence-electron chi connectivity index (χ3n) is 3.00. The lowest BCUT2D eigenvalue weighted by molar-refractivity contribution is 0.101. The molecular formula is C15H12BrNO2S. The lowest BCUT2D eigenvalue weighted by Crippen LogP contribution is -2.16. The smallest absolute Gasteiger partial charge is 0.198 e. The molecule has 2 aliphatic rings. The van der Waals surface area contributed by atoms with Crippen LogP contribution < -0.4 is 0 Å². The van der Waals surface area contributed by atoms with Crippen molar-refractivity contribution in [2.45, 2.75) is 11.7 Å².